The smallest absolute Gasteiger partial charge is 0.315 e. The maximum absolute atomic E-state index is 11.7. The van der Waals surface area contributed by atoms with Gasteiger partial charge in [0.25, 0.3) is 0 Å². The van der Waals surface area contributed by atoms with Gasteiger partial charge in [-0.3, -0.25) is 4.79 Å². The summed E-state index contributed by atoms with van der Waals surface area (Å²) in [6.45, 7) is 6.41. The molecule has 2 amide bonds. The van der Waals surface area contributed by atoms with Gasteiger partial charge in [-0.05, 0) is 40.7 Å². The van der Waals surface area contributed by atoms with Crippen molar-refractivity contribution in [3.05, 3.63) is 0 Å². The van der Waals surface area contributed by atoms with Crippen LogP contribution in [0.3, 0.4) is 0 Å². The van der Waals surface area contributed by atoms with Gasteiger partial charge in [0.2, 0.25) is 0 Å². The summed E-state index contributed by atoms with van der Waals surface area (Å²) >= 11 is 0. The van der Waals surface area contributed by atoms with E-state index in [2.05, 4.69) is 29.5 Å². The predicted molar refractivity (Wildman–Crippen MR) is 73.1 cm³/mol. The summed E-state index contributed by atoms with van der Waals surface area (Å²) in [5.74, 6) is -0.916. The van der Waals surface area contributed by atoms with Gasteiger partial charge < -0.3 is 20.6 Å². The second-order valence-electron chi connectivity index (χ2n) is 6.07. The molecule has 2 unspecified atom stereocenters. The van der Waals surface area contributed by atoms with E-state index in [0.717, 1.165) is 19.4 Å². The third-order valence-corrected chi connectivity index (χ3v) is 3.81. The molecule has 19 heavy (non-hydrogen) atoms. The second kappa shape index (κ2) is 6.23. The van der Waals surface area contributed by atoms with Gasteiger partial charge in [0, 0.05) is 25.2 Å². The van der Waals surface area contributed by atoms with E-state index in [1.54, 1.807) is 13.8 Å². The quantitative estimate of drug-likeness (QED) is 0.709. The highest BCUT2D eigenvalue weighted by Crippen LogP contribution is 2.15. The average molecular weight is 271 g/mol. The summed E-state index contributed by atoms with van der Waals surface area (Å²) in [5.41, 5.74) is -0.947. The van der Waals surface area contributed by atoms with Crippen LogP contribution >= 0.6 is 0 Å². The highest BCUT2D eigenvalue weighted by atomic mass is 16.4. The second-order valence-corrected chi connectivity index (χ2v) is 6.07. The number of nitrogens with one attached hydrogen (secondary N) is 2. The molecular weight excluding hydrogens is 246 g/mol. The molecule has 1 fully saturated rings. The van der Waals surface area contributed by atoms with Crippen LogP contribution in [0.2, 0.25) is 0 Å². The maximum atomic E-state index is 11.7. The molecule has 1 heterocycles. The molecule has 1 rings (SSSR count). The van der Waals surface area contributed by atoms with Crippen LogP contribution in [0.1, 0.15) is 33.6 Å². The Hall–Kier alpha value is -1.30. The Balaban J connectivity index is 2.34. The van der Waals surface area contributed by atoms with Crippen molar-refractivity contribution in [1.82, 2.24) is 15.5 Å². The van der Waals surface area contributed by atoms with Gasteiger partial charge >= 0.3 is 12.0 Å². The van der Waals surface area contributed by atoms with E-state index in [9.17, 15) is 9.59 Å². The molecule has 3 N–H and O–H groups in total. The molecule has 2 atom stereocenters. The zero-order chi connectivity index (χ0) is 14.6. The fraction of sp³-hybridized carbons (Fsp3) is 0.846. The topological polar surface area (TPSA) is 81.7 Å². The number of piperidine rings is 1. The standard InChI is InChI=1S/C13H25N3O3/c1-9-7-10(5-6-16(9)4)15-12(19)14-8-13(2,3)11(17)18/h9-10H,5-8H2,1-4H3,(H,17,18)(H2,14,15,19). The molecule has 0 saturated carbocycles. The Morgan fingerprint density at radius 3 is 2.58 bits per heavy atom. The van der Waals surface area contributed by atoms with Crippen LogP contribution < -0.4 is 10.6 Å². The fourth-order valence-corrected chi connectivity index (χ4v) is 2.03. The van der Waals surface area contributed by atoms with Crippen LogP contribution in [-0.2, 0) is 4.79 Å². The molecule has 6 heteroatoms. The molecule has 0 spiro atoms. The number of hydrogen-bond donors (Lipinski definition) is 3. The summed E-state index contributed by atoms with van der Waals surface area (Å²) in [6.07, 6.45) is 1.85. The Kier molecular flexibility index (Phi) is 5.17. The Morgan fingerprint density at radius 2 is 2.05 bits per heavy atom. The van der Waals surface area contributed by atoms with Gasteiger partial charge in [0.1, 0.15) is 0 Å². The normalized spacial score (nSPS) is 24.8. The summed E-state index contributed by atoms with van der Waals surface area (Å²) in [6, 6.07) is 0.338. The molecule has 6 nitrogen and oxygen atoms in total. The number of carbonyl (C=O) groups is 2. The summed E-state index contributed by atoms with van der Waals surface area (Å²) in [5, 5.41) is 14.5. The van der Waals surface area contributed by atoms with Crippen molar-refractivity contribution in [2.24, 2.45) is 5.41 Å². The van der Waals surface area contributed by atoms with Crippen LogP contribution in [0, 0.1) is 5.41 Å². The van der Waals surface area contributed by atoms with Crippen LogP contribution in [0.5, 0.6) is 0 Å². The number of carbonyl (C=O) groups excluding carboxylic acids is 1. The van der Waals surface area contributed by atoms with Crippen molar-refractivity contribution >= 4 is 12.0 Å². The van der Waals surface area contributed by atoms with E-state index >= 15 is 0 Å². The Morgan fingerprint density at radius 1 is 1.42 bits per heavy atom. The molecule has 0 aliphatic carbocycles. The van der Waals surface area contributed by atoms with Crippen molar-refractivity contribution in [1.29, 1.82) is 0 Å². The van der Waals surface area contributed by atoms with E-state index < -0.39 is 11.4 Å². The first kappa shape index (κ1) is 15.8. The van der Waals surface area contributed by atoms with Gasteiger partial charge in [0.05, 0.1) is 5.41 Å². The minimum absolute atomic E-state index is 0.121. The number of hydrogen-bond acceptors (Lipinski definition) is 3. The van der Waals surface area contributed by atoms with E-state index in [1.165, 1.54) is 0 Å². The number of amides is 2. The maximum Gasteiger partial charge on any atom is 0.315 e. The molecule has 0 aromatic heterocycles. The van der Waals surface area contributed by atoms with Crippen molar-refractivity contribution in [2.45, 2.75) is 45.7 Å². The van der Waals surface area contributed by atoms with Gasteiger partial charge in [0.15, 0.2) is 0 Å². The lowest BCUT2D eigenvalue weighted by molar-refractivity contribution is -0.146. The summed E-state index contributed by atoms with van der Waals surface area (Å²) in [4.78, 5) is 24.9. The monoisotopic (exact) mass is 271 g/mol. The van der Waals surface area contributed by atoms with E-state index in [-0.39, 0.29) is 18.6 Å². The lowest BCUT2D eigenvalue weighted by Gasteiger charge is -2.35. The SMILES string of the molecule is CC1CC(NC(=O)NCC(C)(C)C(=O)O)CCN1C. The first-order valence-corrected chi connectivity index (χ1v) is 6.70. The molecular formula is C13H25N3O3. The molecule has 0 radical (unpaired) electrons. The molecule has 0 aromatic rings. The molecule has 1 aliphatic heterocycles. The number of rotatable bonds is 4. The zero-order valence-electron chi connectivity index (χ0n) is 12.2. The Labute approximate surface area is 114 Å². The van der Waals surface area contributed by atoms with Gasteiger partial charge in [-0.2, -0.15) is 0 Å². The first-order valence-electron chi connectivity index (χ1n) is 6.70. The number of urea groups is 1. The van der Waals surface area contributed by atoms with Gasteiger partial charge in [-0.25, -0.2) is 4.79 Å². The Bertz CT molecular complexity index is 344. The number of carboxylic acid groups (broad SMARTS) is 1. The molecule has 110 valence electrons. The lowest BCUT2D eigenvalue weighted by Crippen LogP contribution is -2.51. The van der Waals surface area contributed by atoms with Gasteiger partial charge in [-0.15, -0.1) is 0 Å². The van der Waals surface area contributed by atoms with E-state index in [4.69, 9.17) is 5.11 Å². The number of aliphatic carboxylic acids is 1. The average Bonchev–Trinajstić information content (AvgIpc) is 2.31. The van der Waals surface area contributed by atoms with Crippen molar-refractivity contribution in [2.75, 3.05) is 20.1 Å². The highest BCUT2D eigenvalue weighted by molar-refractivity contribution is 5.77. The minimum Gasteiger partial charge on any atom is -0.481 e. The number of carboxylic acids is 1. The zero-order valence-corrected chi connectivity index (χ0v) is 12.2. The van der Waals surface area contributed by atoms with Crippen LogP contribution in [-0.4, -0.2) is 54.2 Å². The van der Waals surface area contributed by atoms with E-state index in [1.807, 2.05) is 0 Å². The van der Waals surface area contributed by atoms with Crippen molar-refractivity contribution < 1.29 is 14.7 Å². The summed E-state index contributed by atoms with van der Waals surface area (Å²) in [7, 11) is 2.08. The summed E-state index contributed by atoms with van der Waals surface area (Å²) < 4.78 is 0. The van der Waals surface area contributed by atoms with Crippen molar-refractivity contribution in [3.63, 3.8) is 0 Å². The minimum atomic E-state index is -0.947. The molecule has 1 saturated heterocycles. The first-order chi connectivity index (χ1) is 8.72. The highest BCUT2D eigenvalue weighted by Gasteiger charge is 2.28. The van der Waals surface area contributed by atoms with Crippen LogP contribution in [0.15, 0.2) is 0 Å². The molecule has 0 aromatic carbocycles. The number of likely N-dealkylation sites (tertiary alicyclic amines) is 1. The van der Waals surface area contributed by atoms with Crippen LogP contribution in [0.25, 0.3) is 0 Å². The predicted octanol–water partition coefficient (Wildman–Crippen LogP) is 0.879. The third kappa shape index (κ3) is 4.70. The molecule has 0 bridgehead atoms. The van der Waals surface area contributed by atoms with Crippen molar-refractivity contribution in [3.8, 4) is 0 Å². The van der Waals surface area contributed by atoms with Gasteiger partial charge in [-0.1, -0.05) is 0 Å². The lowest BCUT2D eigenvalue weighted by atomic mass is 9.94. The largest absolute Gasteiger partial charge is 0.481 e. The molecule has 1 aliphatic rings. The third-order valence-electron chi connectivity index (χ3n) is 3.81. The number of nitrogens with zero attached hydrogens (tertiary/aromatic N) is 1. The fourth-order valence-electron chi connectivity index (χ4n) is 2.03. The van der Waals surface area contributed by atoms with E-state index in [0.29, 0.717) is 6.04 Å². The van der Waals surface area contributed by atoms with Crippen LogP contribution in [0.4, 0.5) is 4.79 Å².